The molecular weight excluding hydrogens is 351 g/mol. The zero-order valence-electron chi connectivity index (χ0n) is 13.9. The highest BCUT2D eigenvalue weighted by molar-refractivity contribution is 6.39. The fraction of sp³-hybridized carbons (Fsp3) is 0.529. The molecule has 1 aliphatic heterocycles. The summed E-state index contributed by atoms with van der Waals surface area (Å²) in [6, 6.07) is 4.67. The number of nitrogens with zero attached hydrogens (tertiary/aromatic N) is 1. The third-order valence-corrected chi connectivity index (χ3v) is 4.84. The van der Waals surface area contributed by atoms with E-state index in [1.54, 1.807) is 25.1 Å². The number of hydrogen-bond acceptors (Lipinski definition) is 4. The number of halogens is 2. The number of likely N-dealkylation sites (tertiary alicyclic amines) is 1. The lowest BCUT2D eigenvalue weighted by Crippen LogP contribution is -2.48. The lowest BCUT2D eigenvalue weighted by Gasteiger charge is -2.35. The van der Waals surface area contributed by atoms with Crippen molar-refractivity contribution in [1.82, 2.24) is 4.90 Å². The Kier molecular flexibility index (Phi) is 6.90. The Labute approximate surface area is 152 Å². The topological polar surface area (TPSA) is 58.6 Å². The van der Waals surface area contributed by atoms with E-state index >= 15 is 0 Å². The average Bonchev–Trinajstić information content (AvgIpc) is 2.57. The third-order valence-electron chi connectivity index (χ3n) is 4.21. The number of carbonyl (C=O) groups excluding carboxylic acids is 2. The molecule has 2 rings (SSSR count). The van der Waals surface area contributed by atoms with Gasteiger partial charge >= 0.3 is 5.97 Å². The van der Waals surface area contributed by atoms with Gasteiger partial charge in [0.1, 0.15) is 0 Å². The quantitative estimate of drug-likeness (QED) is 0.802. The van der Waals surface area contributed by atoms with E-state index in [0.29, 0.717) is 28.9 Å². The van der Waals surface area contributed by atoms with Crippen LogP contribution >= 0.6 is 23.2 Å². The van der Waals surface area contributed by atoms with Gasteiger partial charge in [0.15, 0.2) is 0 Å². The molecule has 0 bridgehead atoms. The largest absolute Gasteiger partial charge is 0.466 e. The Morgan fingerprint density at radius 1 is 1.38 bits per heavy atom. The molecule has 0 spiro atoms. The summed E-state index contributed by atoms with van der Waals surface area (Å²) in [5, 5.41) is 3.57. The molecule has 5 nitrogen and oxygen atoms in total. The molecule has 0 aliphatic carbocycles. The van der Waals surface area contributed by atoms with Crippen LogP contribution in [0, 0.1) is 5.92 Å². The van der Waals surface area contributed by atoms with Gasteiger partial charge in [0, 0.05) is 6.54 Å². The molecule has 1 fully saturated rings. The monoisotopic (exact) mass is 372 g/mol. The minimum atomic E-state index is -0.394. The lowest BCUT2D eigenvalue weighted by molar-refractivity contribution is -0.150. The summed E-state index contributed by atoms with van der Waals surface area (Å²) >= 11 is 12.2. The summed E-state index contributed by atoms with van der Waals surface area (Å²) in [6.07, 6.45) is 1.65. The van der Waals surface area contributed by atoms with E-state index in [1.807, 2.05) is 11.8 Å². The molecule has 0 saturated carbocycles. The van der Waals surface area contributed by atoms with Crippen molar-refractivity contribution in [3.8, 4) is 0 Å². The normalized spacial score (nSPS) is 19.6. The van der Waals surface area contributed by atoms with Gasteiger partial charge in [-0.1, -0.05) is 29.3 Å². The maximum atomic E-state index is 12.5. The standard InChI is InChI=1S/C17H22Cl2N2O3/c1-3-24-17(23)12-6-5-9-21(10-12)11(2)16(22)20-15-13(18)7-4-8-14(15)19/h4,7-8,11-12H,3,5-6,9-10H2,1-2H3,(H,20,22)/t11-,12-/m0/s1. The number of hydrogen-bond donors (Lipinski definition) is 1. The number of anilines is 1. The third kappa shape index (κ3) is 4.62. The molecule has 0 aromatic heterocycles. The summed E-state index contributed by atoms with van der Waals surface area (Å²) in [5.41, 5.74) is 0.414. The molecule has 1 heterocycles. The van der Waals surface area contributed by atoms with Gasteiger partial charge < -0.3 is 10.1 Å². The van der Waals surface area contributed by atoms with Crippen molar-refractivity contribution >= 4 is 40.8 Å². The zero-order chi connectivity index (χ0) is 17.7. The molecule has 1 aromatic carbocycles. The molecule has 132 valence electrons. The number of rotatable bonds is 5. The van der Waals surface area contributed by atoms with Crippen LogP contribution in [-0.2, 0) is 14.3 Å². The molecule has 24 heavy (non-hydrogen) atoms. The maximum absolute atomic E-state index is 12.5. The second-order valence-electron chi connectivity index (χ2n) is 5.85. The molecule has 7 heteroatoms. The zero-order valence-corrected chi connectivity index (χ0v) is 15.4. The average molecular weight is 373 g/mol. The van der Waals surface area contributed by atoms with Gasteiger partial charge in [0.2, 0.25) is 5.91 Å². The van der Waals surface area contributed by atoms with E-state index in [2.05, 4.69) is 5.32 Å². The summed E-state index contributed by atoms with van der Waals surface area (Å²) in [5.74, 6) is -0.573. The first kappa shape index (κ1) is 19.0. The fourth-order valence-corrected chi connectivity index (χ4v) is 3.31. The maximum Gasteiger partial charge on any atom is 0.310 e. The predicted molar refractivity (Wildman–Crippen MR) is 95.5 cm³/mol. The number of amides is 1. The highest BCUT2D eigenvalue weighted by atomic mass is 35.5. The van der Waals surface area contributed by atoms with Crippen LogP contribution in [0.25, 0.3) is 0 Å². The van der Waals surface area contributed by atoms with Crippen LogP contribution in [0.3, 0.4) is 0 Å². The molecule has 1 amide bonds. The van der Waals surface area contributed by atoms with Crippen LogP contribution in [-0.4, -0.2) is 42.5 Å². The summed E-state index contributed by atoms with van der Waals surface area (Å²) in [6.45, 7) is 5.26. The van der Waals surface area contributed by atoms with E-state index < -0.39 is 6.04 Å². The van der Waals surface area contributed by atoms with Crippen molar-refractivity contribution in [2.75, 3.05) is 25.0 Å². The van der Waals surface area contributed by atoms with Gasteiger partial charge in [-0.3, -0.25) is 14.5 Å². The van der Waals surface area contributed by atoms with Crippen molar-refractivity contribution in [3.05, 3.63) is 28.2 Å². The lowest BCUT2D eigenvalue weighted by atomic mass is 9.97. The van der Waals surface area contributed by atoms with Crippen LogP contribution < -0.4 is 5.32 Å². The van der Waals surface area contributed by atoms with Crippen molar-refractivity contribution in [2.45, 2.75) is 32.7 Å². The van der Waals surface area contributed by atoms with Gasteiger partial charge in [0.05, 0.1) is 34.3 Å². The predicted octanol–water partition coefficient (Wildman–Crippen LogP) is 3.60. The Balaban J connectivity index is 2.01. The minimum Gasteiger partial charge on any atom is -0.466 e. The Morgan fingerprint density at radius 2 is 2.04 bits per heavy atom. The first-order valence-corrected chi connectivity index (χ1v) is 8.85. The van der Waals surface area contributed by atoms with Gasteiger partial charge in [-0.05, 0) is 45.4 Å². The van der Waals surface area contributed by atoms with E-state index in [9.17, 15) is 9.59 Å². The van der Waals surface area contributed by atoms with E-state index in [0.717, 1.165) is 19.4 Å². The molecule has 1 aromatic rings. The van der Waals surface area contributed by atoms with Crippen LogP contribution in [0.15, 0.2) is 18.2 Å². The SMILES string of the molecule is CCOC(=O)[C@H]1CCCN([C@@H](C)C(=O)Nc2c(Cl)cccc2Cl)C1. The van der Waals surface area contributed by atoms with Crippen molar-refractivity contribution in [1.29, 1.82) is 0 Å². The molecule has 2 atom stereocenters. The van der Waals surface area contributed by atoms with E-state index in [1.165, 1.54) is 0 Å². The molecular formula is C17H22Cl2N2O3. The van der Waals surface area contributed by atoms with Crippen LogP contribution in [0.1, 0.15) is 26.7 Å². The number of nitrogens with one attached hydrogen (secondary N) is 1. The molecule has 0 radical (unpaired) electrons. The number of benzene rings is 1. The summed E-state index contributed by atoms with van der Waals surface area (Å²) in [7, 11) is 0. The van der Waals surface area contributed by atoms with Gasteiger partial charge in [-0.15, -0.1) is 0 Å². The highest BCUT2D eigenvalue weighted by Crippen LogP contribution is 2.30. The minimum absolute atomic E-state index is 0.183. The fourth-order valence-electron chi connectivity index (χ4n) is 2.82. The number of piperidine rings is 1. The van der Waals surface area contributed by atoms with Crippen molar-refractivity contribution in [3.63, 3.8) is 0 Å². The Morgan fingerprint density at radius 3 is 2.67 bits per heavy atom. The van der Waals surface area contributed by atoms with Crippen LogP contribution in [0.2, 0.25) is 10.0 Å². The van der Waals surface area contributed by atoms with Gasteiger partial charge in [-0.25, -0.2) is 0 Å². The molecule has 0 unspecified atom stereocenters. The number of ether oxygens (including phenoxy) is 1. The van der Waals surface area contributed by atoms with Gasteiger partial charge in [0.25, 0.3) is 0 Å². The van der Waals surface area contributed by atoms with Gasteiger partial charge in [-0.2, -0.15) is 0 Å². The Bertz CT molecular complexity index is 589. The number of carbonyl (C=O) groups is 2. The number of esters is 1. The summed E-state index contributed by atoms with van der Waals surface area (Å²) in [4.78, 5) is 26.5. The molecule has 1 saturated heterocycles. The van der Waals surface area contributed by atoms with Crippen LogP contribution in [0.5, 0.6) is 0 Å². The number of para-hydroxylation sites is 1. The second-order valence-corrected chi connectivity index (χ2v) is 6.66. The van der Waals surface area contributed by atoms with E-state index in [4.69, 9.17) is 27.9 Å². The first-order chi connectivity index (χ1) is 11.4. The first-order valence-electron chi connectivity index (χ1n) is 8.09. The Hall–Kier alpha value is -1.30. The molecule has 1 aliphatic rings. The molecule has 1 N–H and O–H groups in total. The second kappa shape index (κ2) is 8.70. The van der Waals surface area contributed by atoms with Crippen LogP contribution in [0.4, 0.5) is 5.69 Å². The van der Waals surface area contributed by atoms with Crippen molar-refractivity contribution in [2.24, 2.45) is 5.92 Å². The smallest absolute Gasteiger partial charge is 0.310 e. The van der Waals surface area contributed by atoms with Crippen molar-refractivity contribution < 1.29 is 14.3 Å². The highest BCUT2D eigenvalue weighted by Gasteiger charge is 2.31. The summed E-state index contributed by atoms with van der Waals surface area (Å²) < 4.78 is 5.10. The van der Waals surface area contributed by atoms with E-state index in [-0.39, 0.29) is 17.8 Å².